The molecule has 0 amide bonds. The van der Waals surface area contributed by atoms with Gasteiger partial charge in [-0.2, -0.15) is 0 Å². The molecule has 0 bridgehead atoms. The average molecular weight is 251 g/mol. The van der Waals surface area contributed by atoms with Crippen LogP contribution in [-0.2, 0) is 0 Å². The van der Waals surface area contributed by atoms with Crippen LogP contribution in [0.1, 0.15) is 71.3 Å². The second-order valence-electron chi connectivity index (χ2n) is 6.01. The highest BCUT2D eigenvalue weighted by Crippen LogP contribution is 2.43. The molecule has 2 unspecified atom stereocenters. The lowest BCUT2D eigenvalue weighted by molar-refractivity contribution is 0.126. The molecule has 18 heavy (non-hydrogen) atoms. The first-order valence-corrected chi connectivity index (χ1v) is 7.07. The van der Waals surface area contributed by atoms with E-state index in [0.29, 0.717) is 6.04 Å². The maximum absolute atomic E-state index is 4.25. The highest BCUT2D eigenvalue weighted by molar-refractivity contribution is 4.96. The second kappa shape index (κ2) is 5.34. The van der Waals surface area contributed by atoms with Crippen molar-refractivity contribution in [1.82, 2.24) is 25.5 Å². The molecule has 1 N–H and O–H groups in total. The third kappa shape index (κ3) is 2.55. The molecule has 2 rings (SSSR count). The number of nitrogens with one attached hydrogen (secondary N) is 1. The van der Waals surface area contributed by atoms with Gasteiger partial charge < -0.3 is 5.32 Å². The molecule has 5 nitrogen and oxygen atoms in total. The van der Waals surface area contributed by atoms with E-state index in [9.17, 15) is 0 Å². The largest absolute Gasteiger partial charge is 0.308 e. The number of hydrogen-bond acceptors (Lipinski definition) is 4. The van der Waals surface area contributed by atoms with Gasteiger partial charge in [0.05, 0.1) is 12.1 Å². The second-order valence-corrected chi connectivity index (χ2v) is 6.01. The molecule has 1 aliphatic carbocycles. The number of aromatic nitrogens is 4. The number of hydrogen-bond donors (Lipinski definition) is 1. The molecular weight excluding hydrogens is 226 g/mol. The van der Waals surface area contributed by atoms with Gasteiger partial charge in [-0.15, -0.1) is 5.10 Å². The van der Waals surface area contributed by atoms with Crippen molar-refractivity contribution in [2.45, 2.75) is 65.5 Å². The molecule has 1 heterocycles. The molecule has 2 atom stereocenters. The summed E-state index contributed by atoms with van der Waals surface area (Å²) in [7, 11) is 0. The normalized spacial score (nSPS) is 25.0. The van der Waals surface area contributed by atoms with Crippen LogP contribution in [0.4, 0.5) is 0 Å². The van der Waals surface area contributed by atoms with Gasteiger partial charge in [0.1, 0.15) is 0 Å². The quantitative estimate of drug-likeness (QED) is 0.893. The van der Waals surface area contributed by atoms with E-state index in [1.807, 2.05) is 0 Å². The van der Waals surface area contributed by atoms with Gasteiger partial charge in [-0.05, 0) is 42.2 Å². The average Bonchev–Trinajstić information content (AvgIpc) is 2.77. The Balaban J connectivity index is 2.25. The fourth-order valence-corrected chi connectivity index (χ4v) is 3.03. The maximum atomic E-state index is 4.25. The Morgan fingerprint density at radius 2 is 2.22 bits per heavy atom. The molecule has 0 spiro atoms. The SMILES string of the molecule is CCNC(C)c1nnnn1C1CCCCC1(C)C. The van der Waals surface area contributed by atoms with E-state index in [1.165, 1.54) is 25.7 Å². The van der Waals surface area contributed by atoms with Crippen LogP contribution >= 0.6 is 0 Å². The van der Waals surface area contributed by atoms with Crippen molar-refractivity contribution in [1.29, 1.82) is 0 Å². The molecule has 1 saturated carbocycles. The van der Waals surface area contributed by atoms with Crippen LogP contribution in [0, 0.1) is 5.41 Å². The monoisotopic (exact) mass is 251 g/mol. The van der Waals surface area contributed by atoms with Gasteiger partial charge in [0, 0.05) is 0 Å². The fraction of sp³-hybridized carbons (Fsp3) is 0.923. The van der Waals surface area contributed by atoms with Crippen LogP contribution in [0.3, 0.4) is 0 Å². The first-order valence-electron chi connectivity index (χ1n) is 7.07. The molecule has 0 saturated heterocycles. The van der Waals surface area contributed by atoms with E-state index in [4.69, 9.17) is 0 Å². The van der Waals surface area contributed by atoms with E-state index in [-0.39, 0.29) is 11.5 Å². The summed E-state index contributed by atoms with van der Waals surface area (Å²) in [5, 5.41) is 15.7. The number of rotatable bonds is 4. The molecule has 1 aromatic heterocycles. The van der Waals surface area contributed by atoms with Crippen molar-refractivity contribution in [3.05, 3.63) is 5.82 Å². The van der Waals surface area contributed by atoms with Gasteiger partial charge in [0.25, 0.3) is 0 Å². The van der Waals surface area contributed by atoms with Gasteiger partial charge in [-0.1, -0.05) is 33.6 Å². The molecule has 0 radical (unpaired) electrons. The van der Waals surface area contributed by atoms with Crippen LogP contribution in [0.15, 0.2) is 0 Å². The lowest BCUT2D eigenvalue weighted by atomic mass is 9.73. The summed E-state index contributed by atoms with van der Waals surface area (Å²) in [6.07, 6.45) is 5.04. The van der Waals surface area contributed by atoms with Crippen molar-refractivity contribution in [3.8, 4) is 0 Å². The molecule has 102 valence electrons. The van der Waals surface area contributed by atoms with Gasteiger partial charge in [0.2, 0.25) is 0 Å². The zero-order valence-electron chi connectivity index (χ0n) is 12.0. The summed E-state index contributed by atoms with van der Waals surface area (Å²) in [5.74, 6) is 0.969. The molecule has 0 aliphatic heterocycles. The Kier molecular flexibility index (Phi) is 4.00. The smallest absolute Gasteiger partial charge is 0.168 e. The van der Waals surface area contributed by atoms with E-state index < -0.39 is 0 Å². The third-order valence-corrected chi connectivity index (χ3v) is 4.16. The van der Waals surface area contributed by atoms with Gasteiger partial charge in [0.15, 0.2) is 5.82 Å². The van der Waals surface area contributed by atoms with Crippen molar-refractivity contribution in [2.24, 2.45) is 5.41 Å². The molecule has 1 aliphatic rings. The zero-order chi connectivity index (χ0) is 13.2. The van der Waals surface area contributed by atoms with E-state index in [1.54, 1.807) is 0 Å². The first-order chi connectivity index (χ1) is 8.56. The van der Waals surface area contributed by atoms with Crippen molar-refractivity contribution in [2.75, 3.05) is 6.54 Å². The topological polar surface area (TPSA) is 55.6 Å². The molecule has 1 fully saturated rings. The van der Waals surface area contributed by atoms with Gasteiger partial charge in [-0.3, -0.25) is 0 Å². The van der Waals surface area contributed by atoms with Crippen molar-refractivity contribution in [3.63, 3.8) is 0 Å². The lowest BCUT2D eigenvalue weighted by Gasteiger charge is -2.38. The summed E-state index contributed by atoms with van der Waals surface area (Å²) in [5.41, 5.74) is 0.286. The summed E-state index contributed by atoms with van der Waals surface area (Å²) in [6, 6.07) is 0.639. The predicted octanol–water partition coefficient (Wildman–Crippen LogP) is 2.48. The Morgan fingerprint density at radius 1 is 1.44 bits per heavy atom. The van der Waals surface area contributed by atoms with Crippen LogP contribution in [0.25, 0.3) is 0 Å². The molecule has 0 aromatic carbocycles. The van der Waals surface area contributed by atoms with Crippen LogP contribution in [0.2, 0.25) is 0 Å². The number of nitrogens with zero attached hydrogens (tertiary/aromatic N) is 4. The van der Waals surface area contributed by atoms with Crippen molar-refractivity contribution < 1.29 is 0 Å². The van der Waals surface area contributed by atoms with E-state index >= 15 is 0 Å². The minimum Gasteiger partial charge on any atom is -0.308 e. The highest BCUT2D eigenvalue weighted by atomic mass is 15.6. The number of tetrazole rings is 1. The zero-order valence-corrected chi connectivity index (χ0v) is 12.0. The van der Waals surface area contributed by atoms with E-state index in [0.717, 1.165) is 12.4 Å². The summed E-state index contributed by atoms with van der Waals surface area (Å²) in [4.78, 5) is 0. The minimum atomic E-state index is 0.211. The standard InChI is InChI=1S/C13H25N5/c1-5-14-10(2)12-15-16-17-18(12)11-8-6-7-9-13(11,3)4/h10-11,14H,5-9H2,1-4H3. The highest BCUT2D eigenvalue weighted by Gasteiger charge is 2.36. The van der Waals surface area contributed by atoms with Crippen LogP contribution in [-0.4, -0.2) is 26.8 Å². The van der Waals surface area contributed by atoms with Crippen LogP contribution in [0.5, 0.6) is 0 Å². The summed E-state index contributed by atoms with van der Waals surface area (Å²) < 4.78 is 2.06. The van der Waals surface area contributed by atoms with E-state index in [2.05, 4.69) is 53.2 Å². The maximum Gasteiger partial charge on any atom is 0.168 e. The summed E-state index contributed by atoms with van der Waals surface area (Å²) in [6.45, 7) is 9.83. The first kappa shape index (κ1) is 13.5. The van der Waals surface area contributed by atoms with Gasteiger partial charge in [-0.25, -0.2) is 4.68 Å². The molecule has 1 aromatic rings. The Labute approximate surface area is 109 Å². The van der Waals surface area contributed by atoms with Gasteiger partial charge >= 0.3 is 0 Å². The molecule has 5 heteroatoms. The third-order valence-electron chi connectivity index (χ3n) is 4.16. The minimum absolute atomic E-state index is 0.211. The van der Waals surface area contributed by atoms with Crippen molar-refractivity contribution >= 4 is 0 Å². The Hall–Kier alpha value is -0.970. The fourth-order valence-electron chi connectivity index (χ4n) is 3.03. The lowest BCUT2D eigenvalue weighted by Crippen LogP contribution is -2.34. The Bertz CT molecular complexity index is 384. The van der Waals surface area contributed by atoms with Crippen LogP contribution < -0.4 is 5.32 Å². The Morgan fingerprint density at radius 3 is 2.89 bits per heavy atom. The molecular formula is C13H25N5. The predicted molar refractivity (Wildman–Crippen MR) is 71.2 cm³/mol. The summed E-state index contributed by atoms with van der Waals surface area (Å²) >= 11 is 0.